The predicted molar refractivity (Wildman–Crippen MR) is 79.4 cm³/mol. The number of nitrogens with one attached hydrogen (secondary N) is 1. The Hall–Kier alpha value is -1.53. The molecule has 1 aliphatic heterocycles. The summed E-state index contributed by atoms with van der Waals surface area (Å²) >= 11 is 0. The number of likely N-dealkylation sites (N-methyl/N-ethyl adjacent to an activating group) is 1. The third-order valence-electron chi connectivity index (χ3n) is 3.89. The molecule has 0 saturated carbocycles. The summed E-state index contributed by atoms with van der Waals surface area (Å²) in [6.45, 7) is 0.842. The van der Waals surface area contributed by atoms with Crippen LogP contribution in [0.15, 0.2) is 18.2 Å². The lowest BCUT2D eigenvalue weighted by Crippen LogP contribution is -2.36. The number of hydrogen-bond acceptors (Lipinski definition) is 3. The van der Waals surface area contributed by atoms with Crippen molar-refractivity contribution in [1.82, 2.24) is 10.2 Å². The Kier molecular flexibility index (Phi) is 5.85. The summed E-state index contributed by atoms with van der Waals surface area (Å²) in [6, 6.07) is 3.22. The molecule has 1 aliphatic rings. The number of carbonyl (C=O) groups is 1. The molecule has 0 radical (unpaired) electrons. The van der Waals surface area contributed by atoms with Crippen LogP contribution < -0.4 is 5.32 Å². The fraction of sp³-hybridized carbons (Fsp3) is 0.562. The first-order chi connectivity index (χ1) is 10.5. The summed E-state index contributed by atoms with van der Waals surface area (Å²) < 4.78 is 33.2. The van der Waals surface area contributed by atoms with Gasteiger partial charge in [-0.3, -0.25) is 4.79 Å². The second kappa shape index (κ2) is 7.65. The quantitative estimate of drug-likeness (QED) is 0.876. The normalized spacial score (nSPS) is 19.4. The van der Waals surface area contributed by atoms with Gasteiger partial charge in [-0.05, 0) is 39.1 Å². The van der Waals surface area contributed by atoms with Gasteiger partial charge in [0.15, 0.2) is 0 Å². The minimum atomic E-state index is -0.605. The Morgan fingerprint density at radius 3 is 2.64 bits per heavy atom. The number of halogens is 2. The lowest BCUT2D eigenvalue weighted by molar-refractivity contribution is -0.123. The smallest absolute Gasteiger partial charge is 0.222 e. The van der Waals surface area contributed by atoms with Crippen LogP contribution in [-0.2, 0) is 9.53 Å². The lowest BCUT2D eigenvalue weighted by Gasteiger charge is -2.26. The van der Waals surface area contributed by atoms with Crippen LogP contribution in [0.4, 0.5) is 8.78 Å². The summed E-state index contributed by atoms with van der Waals surface area (Å²) in [5, 5.41) is 2.75. The van der Waals surface area contributed by atoms with Crippen molar-refractivity contribution in [2.45, 2.75) is 31.4 Å². The van der Waals surface area contributed by atoms with Gasteiger partial charge in [0.25, 0.3) is 0 Å². The second-order valence-corrected chi connectivity index (χ2v) is 5.76. The van der Waals surface area contributed by atoms with E-state index in [1.165, 1.54) is 18.2 Å². The highest BCUT2D eigenvalue weighted by molar-refractivity contribution is 5.76. The van der Waals surface area contributed by atoms with Crippen LogP contribution in [0.2, 0.25) is 0 Å². The highest BCUT2D eigenvalue weighted by Crippen LogP contribution is 2.24. The SMILES string of the molecule is CN(C)[C@@H](CNC(=O)C[C@@H]1CCCO1)c1c(F)cccc1F. The van der Waals surface area contributed by atoms with E-state index < -0.39 is 17.7 Å². The van der Waals surface area contributed by atoms with Gasteiger partial charge in [-0.25, -0.2) is 8.78 Å². The van der Waals surface area contributed by atoms with Gasteiger partial charge >= 0.3 is 0 Å². The molecule has 122 valence electrons. The highest BCUT2D eigenvalue weighted by Gasteiger charge is 2.24. The molecular weight excluding hydrogens is 290 g/mol. The van der Waals surface area contributed by atoms with E-state index in [-0.39, 0.29) is 24.1 Å². The van der Waals surface area contributed by atoms with Gasteiger partial charge in [-0.15, -0.1) is 0 Å². The summed E-state index contributed by atoms with van der Waals surface area (Å²) in [4.78, 5) is 13.6. The van der Waals surface area contributed by atoms with Crippen molar-refractivity contribution in [2.75, 3.05) is 27.2 Å². The zero-order valence-corrected chi connectivity index (χ0v) is 12.9. The Labute approximate surface area is 129 Å². The first-order valence-electron chi connectivity index (χ1n) is 7.47. The molecule has 4 nitrogen and oxygen atoms in total. The predicted octanol–water partition coefficient (Wildman–Crippen LogP) is 2.25. The molecule has 0 spiro atoms. The van der Waals surface area contributed by atoms with E-state index in [2.05, 4.69) is 5.32 Å². The third-order valence-corrected chi connectivity index (χ3v) is 3.89. The van der Waals surface area contributed by atoms with Crippen LogP contribution >= 0.6 is 0 Å². The first-order valence-corrected chi connectivity index (χ1v) is 7.47. The average Bonchev–Trinajstić information content (AvgIpc) is 2.94. The van der Waals surface area contributed by atoms with Gasteiger partial charge in [-0.2, -0.15) is 0 Å². The Bertz CT molecular complexity index is 497. The zero-order valence-electron chi connectivity index (χ0n) is 12.9. The molecule has 0 unspecified atom stereocenters. The fourth-order valence-corrected chi connectivity index (χ4v) is 2.67. The van der Waals surface area contributed by atoms with Crippen molar-refractivity contribution in [3.8, 4) is 0 Å². The third kappa shape index (κ3) is 4.24. The van der Waals surface area contributed by atoms with Gasteiger partial charge in [0.2, 0.25) is 5.91 Å². The zero-order chi connectivity index (χ0) is 16.1. The number of carbonyl (C=O) groups excluding carboxylic acids is 1. The summed E-state index contributed by atoms with van der Waals surface area (Å²) in [7, 11) is 3.45. The van der Waals surface area contributed by atoms with Crippen molar-refractivity contribution >= 4 is 5.91 Å². The molecule has 0 aromatic heterocycles. The molecule has 22 heavy (non-hydrogen) atoms. The molecule has 1 N–H and O–H groups in total. The minimum Gasteiger partial charge on any atom is -0.378 e. The largest absolute Gasteiger partial charge is 0.378 e. The molecule has 1 amide bonds. The average molecular weight is 312 g/mol. The molecule has 1 saturated heterocycles. The van der Waals surface area contributed by atoms with E-state index in [4.69, 9.17) is 4.74 Å². The molecule has 2 rings (SSSR count). The number of rotatable bonds is 6. The standard InChI is InChI=1S/C16H22F2N2O2/c1-20(2)14(16-12(17)6-3-7-13(16)18)10-19-15(21)9-11-5-4-8-22-11/h3,6-7,11,14H,4-5,8-10H2,1-2H3,(H,19,21)/t11-,14-/m0/s1. The van der Waals surface area contributed by atoms with E-state index in [9.17, 15) is 13.6 Å². The number of benzene rings is 1. The summed E-state index contributed by atoms with van der Waals surface area (Å²) in [6.07, 6.45) is 2.11. The van der Waals surface area contributed by atoms with E-state index in [0.29, 0.717) is 13.0 Å². The topological polar surface area (TPSA) is 41.6 Å². The molecule has 1 fully saturated rings. The molecular formula is C16H22F2N2O2. The van der Waals surface area contributed by atoms with Crippen LogP contribution in [0.1, 0.15) is 30.9 Å². The maximum atomic E-state index is 13.9. The van der Waals surface area contributed by atoms with Crippen molar-refractivity contribution in [2.24, 2.45) is 0 Å². The van der Waals surface area contributed by atoms with Gasteiger partial charge in [-0.1, -0.05) is 6.07 Å². The number of nitrogens with zero attached hydrogens (tertiary/aromatic N) is 1. The van der Waals surface area contributed by atoms with Crippen molar-refractivity contribution < 1.29 is 18.3 Å². The van der Waals surface area contributed by atoms with Crippen molar-refractivity contribution in [3.05, 3.63) is 35.4 Å². The highest BCUT2D eigenvalue weighted by atomic mass is 19.1. The molecule has 0 aliphatic carbocycles. The molecule has 1 aromatic carbocycles. The van der Waals surface area contributed by atoms with E-state index in [0.717, 1.165) is 12.8 Å². The molecule has 2 atom stereocenters. The van der Waals surface area contributed by atoms with Crippen molar-refractivity contribution in [3.63, 3.8) is 0 Å². The summed E-state index contributed by atoms with van der Waals surface area (Å²) in [5.41, 5.74) is -0.0232. The summed E-state index contributed by atoms with van der Waals surface area (Å²) in [5.74, 6) is -1.37. The van der Waals surface area contributed by atoms with Crippen LogP contribution in [0.3, 0.4) is 0 Å². The fourth-order valence-electron chi connectivity index (χ4n) is 2.67. The van der Waals surface area contributed by atoms with Gasteiger partial charge < -0.3 is 15.0 Å². The molecule has 0 bridgehead atoms. The minimum absolute atomic E-state index is 0.0232. The monoisotopic (exact) mass is 312 g/mol. The Morgan fingerprint density at radius 2 is 2.09 bits per heavy atom. The molecule has 1 heterocycles. The Balaban J connectivity index is 1.98. The van der Waals surface area contributed by atoms with Crippen LogP contribution in [0.25, 0.3) is 0 Å². The lowest BCUT2D eigenvalue weighted by atomic mass is 10.0. The first kappa shape index (κ1) is 16.8. The van der Waals surface area contributed by atoms with E-state index >= 15 is 0 Å². The van der Waals surface area contributed by atoms with Gasteiger partial charge in [0.1, 0.15) is 11.6 Å². The number of amides is 1. The van der Waals surface area contributed by atoms with Crippen LogP contribution in [0.5, 0.6) is 0 Å². The van der Waals surface area contributed by atoms with E-state index in [1.807, 2.05) is 0 Å². The van der Waals surface area contributed by atoms with Gasteiger partial charge in [0, 0.05) is 18.7 Å². The molecule has 6 heteroatoms. The van der Waals surface area contributed by atoms with Crippen LogP contribution in [0, 0.1) is 11.6 Å². The Morgan fingerprint density at radius 1 is 1.41 bits per heavy atom. The number of hydrogen-bond donors (Lipinski definition) is 1. The maximum Gasteiger partial charge on any atom is 0.222 e. The second-order valence-electron chi connectivity index (χ2n) is 5.76. The van der Waals surface area contributed by atoms with Gasteiger partial charge in [0.05, 0.1) is 18.6 Å². The molecule has 1 aromatic rings. The number of ether oxygens (including phenoxy) is 1. The van der Waals surface area contributed by atoms with Crippen molar-refractivity contribution in [1.29, 1.82) is 0 Å². The van der Waals surface area contributed by atoms with Crippen LogP contribution in [-0.4, -0.2) is 44.2 Å². The maximum absolute atomic E-state index is 13.9. The van der Waals surface area contributed by atoms with E-state index in [1.54, 1.807) is 19.0 Å².